The molecular formula is C20H19ClFN3O2S. The molecule has 8 heteroatoms. The van der Waals surface area contributed by atoms with Gasteiger partial charge in [-0.1, -0.05) is 23.7 Å². The number of benzene rings is 2. The summed E-state index contributed by atoms with van der Waals surface area (Å²) >= 11 is 11.3. The van der Waals surface area contributed by atoms with Crippen LogP contribution in [0.4, 0.5) is 10.1 Å². The highest BCUT2D eigenvalue weighted by atomic mass is 35.5. The number of rotatable bonds is 6. The first-order chi connectivity index (χ1) is 13.3. The predicted molar refractivity (Wildman–Crippen MR) is 111 cm³/mol. The van der Waals surface area contributed by atoms with Crippen molar-refractivity contribution in [3.05, 3.63) is 64.9 Å². The monoisotopic (exact) mass is 419 g/mol. The number of nitrogens with zero attached hydrogens (tertiary/aromatic N) is 2. The zero-order chi connectivity index (χ0) is 20.3. The highest BCUT2D eigenvalue weighted by Gasteiger charge is 2.41. The zero-order valence-corrected chi connectivity index (χ0v) is 16.8. The molecule has 2 aromatic rings. The highest BCUT2D eigenvalue weighted by molar-refractivity contribution is 7.80. The van der Waals surface area contributed by atoms with Crippen molar-refractivity contribution in [1.29, 1.82) is 0 Å². The second kappa shape index (κ2) is 8.67. The molecule has 1 N–H and O–H groups in total. The molecule has 1 aliphatic rings. The normalized spacial score (nSPS) is 16.6. The average molecular weight is 420 g/mol. The Morgan fingerprint density at radius 3 is 2.46 bits per heavy atom. The van der Waals surface area contributed by atoms with Crippen molar-refractivity contribution < 1.29 is 14.0 Å². The van der Waals surface area contributed by atoms with E-state index < -0.39 is 6.04 Å². The van der Waals surface area contributed by atoms with Gasteiger partial charge in [-0.05, 0) is 60.6 Å². The van der Waals surface area contributed by atoms with E-state index in [1.54, 1.807) is 11.9 Å². The summed E-state index contributed by atoms with van der Waals surface area (Å²) in [4.78, 5) is 28.1. The Balaban J connectivity index is 1.66. The molecule has 2 aromatic carbocycles. The summed E-state index contributed by atoms with van der Waals surface area (Å²) in [5.74, 6) is -0.931. The van der Waals surface area contributed by atoms with Gasteiger partial charge in [-0.3, -0.25) is 14.5 Å². The molecule has 0 radical (unpaired) electrons. The molecular weight excluding hydrogens is 401 g/mol. The largest absolute Gasteiger partial charge is 0.336 e. The lowest BCUT2D eigenvalue weighted by molar-refractivity contribution is -0.130. The van der Waals surface area contributed by atoms with Crippen molar-refractivity contribution in [3.8, 4) is 0 Å². The van der Waals surface area contributed by atoms with E-state index in [9.17, 15) is 14.0 Å². The predicted octanol–water partition coefficient (Wildman–Crippen LogP) is 3.48. The van der Waals surface area contributed by atoms with Gasteiger partial charge in [0, 0.05) is 24.3 Å². The third kappa shape index (κ3) is 4.66. The molecule has 28 heavy (non-hydrogen) atoms. The Morgan fingerprint density at radius 1 is 1.18 bits per heavy atom. The molecule has 1 saturated heterocycles. The van der Waals surface area contributed by atoms with E-state index in [1.165, 1.54) is 29.2 Å². The number of anilines is 1. The van der Waals surface area contributed by atoms with E-state index >= 15 is 0 Å². The minimum absolute atomic E-state index is 0.0404. The summed E-state index contributed by atoms with van der Waals surface area (Å²) in [7, 11) is 1.61. The second-order valence-electron chi connectivity index (χ2n) is 6.52. The standard InChI is InChI=1S/C20H19ClFN3O2S/c1-24-19(27)17(12-18(26)23-16-8-6-15(22)7-9-16)25(20(24)28)11-10-13-2-4-14(21)5-3-13/h2-9,17H,10-12H2,1H3,(H,23,26)/t17-/m1/s1. The van der Waals surface area contributed by atoms with E-state index in [0.717, 1.165) is 5.56 Å². The van der Waals surface area contributed by atoms with Crippen LogP contribution in [0.25, 0.3) is 0 Å². The number of nitrogens with one attached hydrogen (secondary N) is 1. The van der Waals surface area contributed by atoms with E-state index in [0.29, 0.717) is 28.8 Å². The van der Waals surface area contributed by atoms with Gasteiger partial charge in [-0.25, -0.2) is 4.39 Å². The number of amides is 2. The maximum Gasteiger partial charge on any atom is 0.251 e. The van der Waals surface area contributed by atoms with Crippen LogP contribution in [0.1, 0.15) is 12.0 Å². The van der Waals surface area contributed by atoms with Gasteiger partial charge in [0.25, 0.3) is 5.91 Å². The molecule has 1 heterocycles. The summed E-state index contributed by atoms with van der Waals surface area (Å²) in [6.07, 6.45) is 0.621. The third-order valence-electron chi connectivity index (χ3n) is 4.59. The number of likely N-dealkylation sites (N-methyl/N-ethyl adjacent to an activating group) is 1. The van der Waals surface area contributed by atoms with Crippen LogP contribution >= 0.6 is 23.8 Å². The maximum absolute atomic E-state index is 13.0. The molecule has 2 amide bonds. The lowest BCUT2D eigenvalue weighted by Crippen LogP contribution is -2.39. The number of thiocarbonyl (C=S) groups is 1. The Bertz CT molecular complexity index is 889. The number of halogens is 2. The van der Waals surface area contributed by atoms with Gasteiger partial charge >= 0.3 is 0 Å². The fourth-order valence-corrected chi connectivity index (χ4v) is 3.48. The molecule has 0 bridgehead atoms. The van der Waals surface area contributed by atoms with Gasteiger partial charge in [0.1, 0.15) is 11.9 Å². The van der Waals surface area contributed by atoms with Gasteiger partial charge in [-0.15, -0.1) is 0 Å². The minimum Gasteiger partial charge on any atom is -0.336 e. The van der Waals surface area contributed by atoms with Crippen LogP contribution in [0.2, 0.25) is 5.02 Å². The summed E-state index contributed by atoms with van der Waals surface area (Å²) in [5.41, 5.74) is 1.53. The van der Waals surface area contributed by atoms with Crippen molar-refractivity contribution >= 4 is 46.4 Å². The summed E-state index contributed by atoms with van der Waals surface area (Å²) in [6, 6.07) is 12.3. The minimum atomic E-state index is -0.662. The molecule has 5 nitrogen and oxygen atoms in total. The van der Waals surface area contributed by atoms with Gasteiger partial charge < -0.3 is 10.2 Å². The number of hydrogen-bond donors (Lipinski definition) is 1. The molecule has 0 saturated carbocycles. The van der Waals surface area contributed by atoms with Gasteiger partial charge in [0.15, 0.2) is 5.11 Å². The van der Waals surface area contributed by atoms with Gasteiger partial charge in [-0.2, -0.15) is 0 Å². The van der Waals surface area contributed by atoms with E-state index in [1.807, 2.05) is 24.3 Å². The first-order valence-corrected chi connectivity index (χ1v) is 9.52. The van der Waals surface area contributed by atoms with Crippen LogP contribution in [0.3, 0.4) is 0 Å². The van der Waals surface area contributed by atoms with Gasteiger partial charge in [0.2, 0.25) is 5.91 Å². The Morgan fingerprint density at radius 2 is 1.82 bits per heavy atom. The van der Waals surface area contributed by atoms with Crippen molar-refractivity contribution in [3.63, 3.8) is 0 Å². The molecule has 146 valence electrons. The van der Waals surface area contributed by atoms with Crippen LogP contribution in [0.15, 0.2) is 48.5 Å². The van der Waals surface area contributed by atoms with E-state index in [-0.39, 0.29) is 24.1 Å². The summed E-state index contributed by atoms with van der Waals surface area (Å²) in [6.45, 7) is 0.505. The molecule has 0 aliphatic carbocycles. The van der Waals surface area contributed by atoms with Crippen molar-refractivity contribution in [2.75, 3.05) is 18.9 Å². The van der Waals surface area contributed by atoms with Crippen LogP contribution < -0.4 is 5.32 Å². The van der Waals surface area contributed by atoms with Crippen molar-refractivity contribution in [1.82, 2.24) is 9.80 Å². The first-order valence-electron chi connectivity index (χ1n) is 8.73. The van der Waals surface area contributed by atoms with Crippen molar-refractivity contribution in [2.24, 2.45) is 0 Å². The lowest BCUT2D eigenvalue weighted by atomic mass is 10.1. The highest BCUT2D eigenvalue weighted by Crippen LogP contribution is 2.21. The Kier molecular flexibility index (Phi) is 6.26. The van der Waals surface area contributed by atoms with Crippen molar-refractivity contribution in [2.45, 2.75) is 18.9 Å². The van der Waals surface area contributed by atoms with E-state index in [4.69, 9.17) is 23.8 Å². The smallest absolute Gasteiger partial charge is 0.251 e. The van der Waals surface area contributed by atoms with Crippen LogP contribution in [-0.2, 0) is 16.0 Å². The van der Waals surface area contributed by atoms with Gasteiger partial charge in [0.05, 0.1) is 6.42 Å². The molecule has 1 fully saturated rings. The van der Waals surface area contributed by atoms with Crippen LogP contribution in [0, 0.1) is 5.82 Å². The molecule has 0 aromatic heterocycles. The lowest BCUT2D eigenvalue weighted by Gasteiger charge is -2.23. The molecule has 0 spiro atoms. The SMILES string of the molecule is CN1C(=O)[C@@H](CC(=O)Nc2ccc(F)cc2)N(CCc2ccc(Cl)cc2)C1=S. The fraction of sp³-hybridized carbons (Fsp3) is 0.250. The molecule has 0 unspecified atom stereocenters. The molecule has 1 aliphatic heterocycles. The first kappa shape index (κ1) is 20.2. The number of carbonyl (C=O) groups excluding carboxylic acids is 2. The van der Waals surface area contributed by atoms with Crippen LogP contribution in [0.5, 0.6) is 0 Å². The third-order valence-corrected chi connectivity index (χ3v) is 5.35. The maximum atomic E-state index is 13.0. The summed E-state index contributed by atoms with van der Waals surface area (Å²) in [5, 5.41) is 3.75. The zero-order valence-electron chi connectivity index (χ0n) is 15.2. The van der Waals surface area contributed by atoms with E-state index in [2.05, 4.69) is 5.32 Å². The molecule has 1 atom stereocenters. The summed E-state index contributed by atoms with van der Waals surface area (Å²) < 4.78 is 13.0. The Labute approximate surface area is 173 Å². The quantitative estimate of drug-likeness (QED) is 0.728. The number of hydrogen-bond acceptors (Lipinski definition) is 3. The number of carbonyl (C=O) groups is 2. The topological polar surface area (TPSA) is 52.7 Å². The second-order valence-corrected chi connectivity index (χ2v) is 7.33. The average Bonchev–Trinajstić information content (AvgIpc) is 2.87. The Hall–Kier alpha value is -2.51. The molecule has 3 rings (SSSR count). The fourth-order valence-electron chi connectivity index (χ4n) is 3.05. The van der Waals surface area contributed by atoms with Crippen LogP contribution in [-0.4, -0.2) is 46.4 Å².